The molecule has 0 saturated heterocycles. The van der Waals surface area contributed by atoms with Crippen LogP contribution in [0.25, 0.3) is 11.0 Å². The van der Waals surface area contributed by atoms with Crippen LogP contribution in [0.15, 0.2) is 54.6 Å². The van der Waals surface area contributed by atoms with E-state index in [1.165, 1.54) is 19.2 Å². The van der Waals surface area contributed by atoms with Gasteiger partial charge in [-0.25, -0.2) is 9.67 Å². The number of hydrogen-bond acceptors (Lipinski definition) is 5. The second-order valence-electron chi connectivity index (χ2n) is 7.64. The van der Waals surface area contributed by atoms with Crippen molar-refractivity contribution in [1.82, 2.24) is 19.7 Å². The van der Waals surface area contributed by atoms with Gasteiger partial charge >= 0.3 is 6.18 Å². The first-order valence-electron chi connectivity index (χ1n) is 10.4. The molecule has 6 nitrogen and oxygen atoms in total. The summed E-state index contributed by atoms with van der Waals surface area (Å²) in [6.07, 6.45) is -4.39. The molecule has 0 aliphatic rings. The smallest absolute Gasteiger partial charge is 0.416 e. The van der Waals surface area contributed by atoms with Crippen LogP contribution in [0.4, 0.5) is 13.2 Å². The van der Waals surface area contributed by atoms with E-state index >= 15 is 0 Å². The van der Waals surface area contributed by atoms with Crippen molar-refractivity contribution in [3.8, 4) is 5.88 Å². The average Bonchev–Trinajstić information content (AvgIpc) is 3.16. The van der Waals surface area contributed by atoms with Gasteiger partial charge in [0.2, 0.25) is 5.88 Å². The van der Waals surface area contributed by atoms with Crippen molar-refractivity contribution < 1.29 is 22.6 Å². The fourth-order valence-corrected chi connectivity index (χ4v) is 3.63. The number of alkyl halides is 3. The van der Waals surface area contributed by atoms with Crippen molar-refractivity contribution in [3.05, 3.63) is 82.8 Å². The van der Waals surface area contributed by atoms with Gasteiger partial charge in [-0.15, -0.1) is 0 Å². The van der Waals surface area contributed by atoms with Gasteiger partial charge in [-0.2, -0.15) is 23.3 Å². The number of rotatable bonds is 7. The minimum atomic E-state index is -4.39. The lowest BCUT2D eigenvalue weighted by molar-refractivity contribution is -0.137. The molecule has 0 aliphatic heterocycles. The van der Waals surface area contributed by atoms with Gasteiger partial charge in [-0.1, -0.05) is 42.5 Å². The van der Waals surface area contributed by atoms with Gasteiger partial charge in [0, 0.05) is 0 Å². The lowest BCUT2D eigenvalue weighted by Gasteiger charge is -2.15. The maximum atomic E-state index is 13.0. The highest BCUT2D eigenvalue weighted by atomic mass is 19.4. The fourth-order valence-electron chi connectivity index (χ4n) is 3.63. The van der Waals surface area contributed by atoms with Crippen molar-refractivity contribution >= 4 is 11.0 Å². The molecule has 0 fully saturated rings. The first-order chi connectivity index (χ1) is 15.8. The summed E-state index contributed by atoms with van der Waals surface area (Å²) in [5.74, 6) is 0.874. The van der Waals surface area contributed by atoms with Crippen molar-refractivity contribution in [2.45, 2.75) is 39.3 Å². The lowest BCUT2D eigenvalue weighted by atomic mass is 10.1. The van der Waals surface area contributed by atoms with E-state index in [0.29, 0.717) is 40.6 Å². The average molecular weight is 456 g/mol. The van der Waals surface area contributed by atoms with E-state index in [1.54, 1.807) is 11.6 Å². The second kappa shape index (κ2) is 9.19. The summed E-state index contributed by atoms with van der Waals surface area (Å²) in [6.45, 7) is 4.20. The molecule has 33 heavy (non-hydrogen) atoms. The van der Waals surface area contributed by atoms with Crippen molar-refractivity contribution in [2.24, 2.45) is 0 Å². The van der Waals surface area contributed by atoms with Crippen LogP contribution in [-0.2, 0) is 24.1 Å². The van der Waals surface area contributed by atoms with Crippen LogP contribution in [0.5, 0.6) is 5.88 Å². The molecular weight excluding hydrogens is 433 g/mol. The van der Waals surface area contributed by atoms with E-state index in [1.807, 2.05) is 37.3 Å². The summed E-state index contributed by atoms with van der Waals surface area (Å²) in [5.41, 5.74) is 2.12. The number of aryl methyl sites for hydroxylation is 1. The molecule has 0 spiro atoms. The van der Waals surface area contributed by atoms with E-state index < -0.39 is 11.7 Å². The Hall–Kier alpha value is -3.46. The van der Waals surface area contributed by atoms with Crippen LogP contribution in [0.1, 0.15) is 41.2 Å². The largest absolute Gasteiger partial charge is 0.480 e. The zero-order chi connectivity index (χ0) is 23.6. The third-order valence-electron chi connectivity index (χ3n) is 5.33. The number of hydrogen-bond donors (Lipinski definition) is 0. The molecule has 2 aromatic heterocycles. The summed E-state index contributed by atoms with van der Waals surface area (Å²) >= 11 is 0. The van der Waals surface area contributed by atoms with Gasteiger partial charge < -0.3 is 9.47 Å². The number of ether oxygens (including phenoxy) is 2. The van der Waals surface area contributed by atoms with Crippen LogP contribution in [0.2, 0.25) is 0 Å². The molecular formula is C24H23F3N4O2. The van der Waals surface area contributed by atoms with Crippen LogP contribution < -0.4 is 4.74 Å². The number of halogens is 3. The Kier molecular flexibility index (Phi) is 6.33. The monoisotopic (exact) mass is 456 g/mol. The number of aromatic nitrogens is 4. The Morgan fingerprint density at radius 1 is 0.970 bits per heavy atom. The molecule has 0 radical (unpaired) electrons. The highest BCUT2D eigenvalue weighted by molar-refractivity contribution is 5.84. The van der Waals surface area contributed by atoms with Crippen LogP contribution in [-0.4, -0.2) is 26.9 Å². The maximum absolute atomic E-state index is 13.0. The minimum Gasteiger partial charge on any atom is -0.480 e. The standard InChI is InChI=1S/C24H23F3N4O2/c1-15(18-9-11-19(12-10-18)24(25,26)27)31-22-21(23(32-3)29-16(2)28-22)20(30-31)14-33-13-17-7-5-4-6-8-17/h4-12,15H,13-14H2,1-3H3/t15-/m0/s1. The number of benzene rings is 2. The van der Waals surface area contributed by atoms with Gasteiger partial charge in [0.05, 0.1) is 31.9 Å². The SMILES string of the molecule is COc1nc(C)nc2c1c(COCc1ccccc1)nn2[C@@H](C)c1ccc(C(F)(F)F)cc1. The molecule has 0 unspecified atom stereocenters. The zero-order valence-corrected chi connectivity index (χ0v) is 18.4. The first kappa shape index (κ1) is 22.7. The minimum absolute atomic E-state index is 0.195. The normalized spacial score (nSPS) is 12.8. The number of fused-ring (bicyclic) bond motifs is 1. The summed E-state index contributed by atoms with van der Waals surface area (Å²) < 4.78 is 51.9. The highest BCUT2D eigenvalue weighted by Crippen LogP contribution is 2.33. The predicted molar refractivity (Wildman–Crippen MR) is 117 cm³/mol. The quantitative estimate of drug-likeness (QED) is 0.368. The van der Waals surface area contributed by atoms with Crippen LogP contribution in [0, 0.1) is 6.92 Å². The van der Waals surface area contributed by atoms with E-state index in [-0.39, 0.29) is 12.6 Å². The van der Waals surface area contributed by atoms with Crippen molar-refractivity contribution in [2.75, 3.05) is 7.11 Å². The van der Waals surface area contributed by atoms with Gasteiger partial charge in [-0.05, 0) is 37.1 Å². The van der Waals surface area contributed by atoms with Gasteiger partial charge in [-0.3, -0.25) is 0 Å². The molecule has 2 aromatic carbocycles. The summed E-state index contributed by atoms with van der Waals surface area (Å²) in [7, 11) is 1.52. The van der Waals surface area contributed by atoms with Gasteiger partial charge in [0.15, 0.2) is 5.65 Å². The van der Waals surface area contributed by atoms with E-state index in [0.717, 1.165) is 17.7 Å². The Morgan fingerprint density at radius 2 is 1.67 bits per heavy atom. The van der Waals surface area contributed by atoms with Gasteiger partial charge in [0.1, 0.15) is 16.9 Å². The Balaban J connectivity index is 1.69. The summed E-state index contributed by atoms with van der Waals surface area (Å²) in [4.78, 5) is 8.91. The van der Waals surface area contributed by atoms with E-state index in [9.17, 15) is 13.2 Å². The molecule has 0 bridgehead atoms. The molecule has 0 N–H and O–H groups in total. The van der Waals surface area contributed by atoms with Gasteiger partial charge in [0.25, 0.3) is 0 Å². The summed E-state index contributed by atoms with van der Waals surface area (Å²) in [6, 6.07) is 14.4. The number of nitrogens with zero attached hydrogens (tertiary/aromatic N) is 4. The Bertz CT molecular complexity index is 1240. The fraction of sp³-hybridized carbons (Fsp3) is 0.292. The molecule has 1 atom stereocenters. The predicted octanol–water partition coefficient (Wildman–Crippen LogP) is 5.49. The molecule has 0 saturated carbocycles. The maximum Gasteiger partial charge on any atom is 0.416 e. The third-order valence-corrected chi connectivity index (χ3v) is 5.33. The van der Waals surface area contributed by atoms with Crippen molar-refractivity contribution in [1.29, 1.82) is 0 Å². The van der Waals surface area contributed by atoms with Crippen molar-refractivity contribution in [3.63, 3.8) is 0 Å². The molecule has 2 heterocycles. The second-order valence-corrected chi connectivity index (χ2v) is 7.64. The molecule has 0 amide bonds. The third kappa shape index (κ3) is 4.83. The Labute approximate surface area is 189 Å². The highest BCUT2D eigenvalue weighted by Gasteiger charge is 2.30. The molecule has 4 aromatic rings. The lowest BCUT2D eigenvalue weighted by Crippen LogP contribution is -2.11. The molecule has 0 aliphatic carbocycles. The number of methoxy groups -OCH3 is 1. The topological polar surface area (TPSA) is 62.1 Å². The summed E-state index contributed by atoms with van der Waals surface area (Å²) in [5, 5.41) is 5.32. The zero-order valence-electron chi connectivity index (χ0n) is 18.4. The van der Waals surface area contributed by atoms with E-state index in [4.69, 9.17) is 14.6 Å². The van der Waals surface area contributed by atoms with Crippen LogP contribution in [0.3, 0.4) is 0 Å². The Morgan fingerprint density at radius 3 is 2.30 bits per heavy atom. The molecule has 172 valence electrons. The van der Waals surface area contributed by atoms with Crippen LogP contribution >= 0.6 is 0 Å². The molecule has 9 heteroatoms. The molecule has 4 rings (SSSR count). The van der Waals surface area contributed by atoms with E-state index in [2.05, 4.69) is 9.97 Å². The first-order valence-corrected chi connectivity index (χ1v) is 10.4.